The number of hydrogen-bond acceptors (Lipinski definition) is 8. The van der Waals surface area contributed by atoms with Gasteiger partial charge in [0.1, 0.15) is 41.4 Å². The number of nitrogens with two attached hydrogens (primary N) is 4. The molecule has 4 amide bonds. The summed E-state index contributed by atoms with van der Waals surface area (Å²) in [6, 6.07) is 9.05. The lowest BCUT2D eigenvalue weighted by Crippen LogP contribution is -2.65. The zero-order valence-electron chi connectivity index (χ0n) is 29.3. The molecule has 264 valence electrons. The molecule has 14 nitrogen and oxygen atoms in total. The Balaban J connectivity index is 2.41. The van der Waals surface area contributed by atoms with Crippen LogP contribution in [0.2, 0.25) is 0 Å². The number of carbonyl (C=O) groups is 4. The monoisotopic (exact) mass is 675 g/mol. The van der Waals surface area contributed by atoms with Gasteiger partial charge >= 0.3 is 0 Å². The lowest BCUT2D eigenvalue weighted by atomic mass is 9.59. The van der Waals surface area contributed by atoms with E-state index in [4.69, 9.17) is 28.3 Å². The zero-order chi connectivity index (χ0) is 36.9. The molecule has 49 heavy (non-hydrogen) atoms. The van der Waals surface area contributed by atoms with Crippen LogP contribution in [0.25, 0.3) is 0 Å². The SMILES string of the molecule is BC(B)(N)CCC[C@](B)(NC(=O)[C@H](Cc1c(C)cc(O)cc1C)NC(=O)[C@H](N)CCCNC(=N)N)C(=O)N[C@@H](Cc1ccccc1)C(N)=O. The highest BCUT2D eigenvalue weighted by atomic mass is 16.3. The van der Waals surface area contributed by atoms with Gasteiger partial charge in [0.2, 0.25) is 23.6 Å². The average molecular weight is 675 g/mol. The number of rotatable bonds is 19. The molecule has 2 aromatic carbocycles. The largest absolute Gasteiger partial charge is 0.508 e. The molecule has 0 radical (unpaired) electrons. The van der Waals surface area contributed by atoms with Crippen molar-refractivity contribution in [2.24, 2.45) is 22.9 Å². The second kappa shape index (κ2) is 18.3. The van der Waals surface area contributed by atoms with E-state index in [0.717, 1.165) is 11.1 Å². The van der Waals surface area contributed by atoms with Crippen LogP contribution in [0.5, 0.6) is 5.75 Å². The van der Waals surface area contributed by atoms with Crippen molar-refractivity contribution in [3.05, 3.63) is 64.7 Å². The number of carbonyl (C=O) groups excluding carboxylic acids is 4. The van der Waals surface area contributed by atoms with Crippen molar-refractivity contribution in [1.29, 1.82) is 5.41 Å². The number of primary amides is 1. The van der Waals surface area contributed by atoms with Gasteiger partial charge in [-0.05, 0) is 72.8 Å². The first-order valence-electron chi connectivity index (χ1n) is 16.5. The zero-order valence-corrected chi connectivity index (χ0v) is 29.3. The smallest absolute Gasteiger partial charge is 0.243 e. The summed E-state index contributed by atoms with van der Waals surface area (Å²) in [6.07, 6.45) is 2.06. The van der Waals surface area contributed by atoms with Crippen molar-refractivity contribution in [3.63, 3.8) is 0 Å². The highest BCUT2D eigenvalue weighted by molar-refractivity contribution is 6.39. The lowest BCUT2D eigenvalue weighted by molar-refractivity contribution is -0.135. The number of amides is 4. The maximum absolute atomic E-state index is 14.2. The number of aromatic hydroxyl groups is 1. The molecule has 0 fully saturated rings. The standard InChI is InChI=1S/C32H52B3N9O5/c1-18-14-21(45)15-19(2)22(18)17-25(42-27(47)23(36)10-6-13-41-30(38)39)28(48)44-31(33,11-7-12-32(34,35)40)29(49)43-24(26(37)46)16-20-8-4-3-5-9-20/h3-5,8-9,14-15,23-25,45H,6-7,10-13,16-17,33-36,40H2,1-2H3,(H2,37,46)(H,42,47)(H,43,49)(H,44,48)(H4,38,39,41)/t23-,24+,25+,31+/m1/s1. The van der Waals surface area contributed by atoms with Gasteiger partial charge in [0.25, 0.3) is 0 Å². The van der Waals surface area contributed by atoms with E-state index < -0.39 is 52.5 Å². The molecule has 14 N–H and O–H groups in total. The molecular weight excluding hydrogens is 623 g/mol. The predicted molar refractivity (Wildman–Crippen MR) is 199 cm³/mol. The van der Waals surface area contributed by atoms with Crippen LogP contribution in [0, 0.1) is 19.3 Å². The molecule has 0 saturated heterocycles. The first kappa shape index (κ1) is 40.7. The van der Waals surface area contributed by atoms with Crippen molar-refractivity contribution >= 4 is 53.1 Å². The third-order valence-corrected chi connectivity index (χ3v) is 8.40. The van der Waals surface area contributed by atoms with E-state index in [1.807, 2.05) is 46.0 Å². The molecule has 0 unspecified atom stereocenters. The Bertz CT molecular complexity index is 1450. The van der Waals surface area contributed by atoms with Gasteiger partial charge in [0.05, 0.1) is 11.5 Å². The Hall–Kier alpha value is -4.50. The van der Waals surface area contributed by atoms with E-state index in [1.165, 1.54) is 0 Å². The maximum atomic E-state index is 14.2. The summed E-state index contributed by atoms with van der Waals surface area (Å²) in [5.74, 6) is -2.70. The molecule has 17 heteroatoms. The van der Waals surface area contributed by atoms with E-state index in [1.54, 1.807) is 33.8 Å². The van der Waals surface area contributed by atoms with E-state index in [-0.39, 0.29) is 37.4 Å². The summed E-state index contributed by atoms with van der Waals surface area (Å²) < 4.78 is 0. The fourth-order valence-electron chi connectivity index (χ4n) is 5.54. The molecule has 0 aliphatic heterocycles. The highest BCUT2D eigenvalue weighted by Crippen LogP contribution is 2.23. The van der Waals surface area contributed by atoms with Crippen LogP contribution in [0.4, 0.5) is 0 Å². The number of phenols is 1. The van der Waals surface area contributed by atoms with Crippen LogP contribution in [0.3, 0.4) is 0 Å². The van der Waals surface area contributed by atoms with Crippen molar-refractivity contribution in [2.75, 3.05) is 6.54 Å². The molecule has 0 spiro atoms. The van der Waals surface area contributed by atoms with E-state index in [9.17, 15) is 24.3 Å². The molecule has 0 saturated carbocycles. The van der Waals surface area contributed by atoms with E-state index in [2.05, 4.69) is 21.3 Å². The lowest BCUT2D eigenvalue weighted by Gasteiger charge is -2.34. The molecule has 2 aromatic rings. The number of hydrogen-bond donors (Lipinski definition) is 10. The van der Waals surface area contributed by atoms with Crippen LogP contribution in [0.1, 0.15) is 54.4 Å². The fourth-order valence-corrected chi connectivity index (χ4v) is 5.54. The number of benzene rings is 2. The van der Waals surface area contributed by atoms with Gasteiger partial charge in [-0.2, -0.15) is 0 Å². The fraction of sp³-hybridized carbons (Fsp3) is 0.469. The summed E-state index contributed by atoms with van der Waals surface area (Å²) in [4.78, 5) is 53.9. The van der Waals surface area contributed by atoms with Gasteiger partial charge in [0, 0.05) is 19.4 Å². The van der Waals surface area contributed by atoms with Gasteiger partial charge in [-0.15, -0.1) is 0 Å². The summed E-state index contributed by atoms with van der Waals surface area (Å²) in [5.41, 5.74) is 24.8. The first-order valence-corrected chi connectivity index (χ1v) is 16.5. The number of guanidine groups is 1. The van der Waals surface area contributed by atoms with E-state index >= 15 is 0 Å². The van der Waals surface area contributed by atoms with Gasteiger partial charge < -0.3 is 49.3 Å². The third-order valence-electron chi connectivity index (χ3n) is 8.40. The normalized spacial score (nSPS) is 14.4. The van der Waals surface area contributed by atoms with Crippen molar-refractivity contribution < 1.29 is 24.3 Å². The second-order valence-corrected chi connectivity index (χ2v) is 13.7. The van der Waals surface area contributed by atoms with Crippen molar-refractivity contribution in [2.45, 2.75) is 87.7 Å². The van der Waals surface area contributed by atoms with Gasteiger partial charge in [-0.1, -0.05) is 43.2 Å². The molecule has 0 aliphatic carbocycles. The van der Waals surface area contributed by atoms with E-state index in [0.29, 0.717) is 36.9 Å². The van der Waals surface area contributed by atoms with Crippen molar-refractivity contribution in [1.82, 2.24) is 21.3 Å². The van der Waals surface area contributed by atoms with Crippen LogP contribution >= 0.6 is 0 Å². The highest BCUT2D eigenvalue weighted by Gasteiger charge is 2.39. The Labute approximate surface area is 291 Å². The predicted octanol–water partition coefficient (Wildman–Crippen LogP) is -3.67. The summed E-state index contributed by atoms with van der Waals surface area (Å²) in [6.45, 7) is 3.92. The summed E-state index contributed by atoms with van der Waals surface area (Å²) in [7, 11) is 5.28. The molecule has 0 aliphatic rings. The minimum absolute atomic E-state index is 0.0413. The Kier molecular flexibility index (Phi) is 15.2. The number of nitrogens with one attached hydrogen (secondary N) is 5. The molecular formula is C32H52B3N9O5. The van der Waals surface area contributed by atoms with Crippen LogP contribution in [-0.2, 0) is 32.0 Å². The minimum Gasteiger partial charge on any atom is -0.508 e. The molecule has 0 aromatic heterocycles. The molecule has 2 rings (SSSR count). The van der Waals surface area contributed by atoms with Crippen molar-refractivity contribution in [3.8, 4) is 5.75 Å². The number of phenolic OH excluding ortho intramolecular Hbond substituents is 1. The third kappa shape index (κ3) is 13.9. The van der Waals surface area contributed by atoms with Crippen LogP contribution in [0.15, 0.2) is 42.5 Å². The van der Waals surface area contributed by atoms with Gasteiger partial charge in [0.15, 0.2) is 5.96 Å². The quantitative estimate of drug-likeness (QED) is 0.0304. The van der Waals surface area contributed by atoms with Crippen LogP contribution in [-0.4, -0.2) is 93.7 Å². The van der Waals surface area contributed by atoms with Gasteiger partial charge in [-0.3, -0.25) is 24.6 Å². The van der Waals surface area contributed by atoms with Crippen LogP contribution < -0.4 is 44.2 Å². The minimum atomic E-state index is -1.53. The average Bonchev–Trinajstić information content (AvgIpc) is 2.99. The topological polar surface area (TPSA) is 265 Å². The first-order chi connectivity index (χ1) is 22.8. The summed E-state index contributed by atoms with van der Waals surface area (Å²) in [5, 5.41) is 27.9. The molecule has 0 heterocycles. The Morgan fingerprint density at radius 1 is 0.898 bits per heavy atom. The Morgan fingerprint density at radius 2 is 1.51 bits per heavy atom. The second-order valence-electron chi connectivity index (χ2n) is 13.7. The van der Waals surface area contributed by atoms with Gasteiger partial charge in [-0.25, -0.2) is 0 Å². The number of aryl methyl sites for hydroxylation is 2. The Morgan fingerprint density at radius 3 is 2.06 bits per heavy atom. The molecule has 4 atom stereocenters. The molecule has 0 bridgehead atoms. The maximum Gasteiger partial charge on any atom is 0.243 e. The summed E-state index contributed by atoms with van der Waals surface area (Å²) >= 11 is 0.